The molecule has 10 heteroatoms. The molecule has 1 aliphatic rings. The van der Waals surface area contributed by atoms with Crippen molar-refractivity contribution in [2.75, 3.05) is 34.3 Å². The number of pyridine rings is 2. The average molecular weight is 476 g/mol. The van der Waals surface area contributed by atoms with Crippen LogP contribution in [0.5, 0.6) is 0 Å². The van der Waals surface area contributed by atoms with Gasteiger partial charge in [0.15, 0.2) is 5.69 Å². The minimum Gasteiger partial charge on any atom is -0.370 e. The fourth-order valence-corrected chi connectivity index (χ4v) is 4.60. The van der Waals surface area contributed by atoms with Gasteiger partial charge in [-0.3, -0.25) is 19.6 Å². The molecule has 0 aliphatic carbocycles. The number of anilines is 3. The molecule has 1 unspecified atom stereocenters. The van der Waals surface area contributed by atoms with Gasteiger partial charge in [0.05, 0.1) is 29.3 Å². The van der Waals surface area contributed by atoms with E-state index in [1.165, 1.54) is 25.3 Å². The van der Waals surface area contributed by atoms with Crippen LogP contribution >= 0.6 is 0 Å². The van der Waals surface area contributed by atoms with Crippen LogP contribution in [0.4, 0.5) is 17.2 Å². The van der Waals surface area contributed by atoms with E-state index in [1.54, 1.807) is 12.1 Å². The van der Waals surface area contributed by atoms with E-state index in [9.17, 15) is 9.00 Å². The number of rotatable bonds is 6. The van der Waals surface area contributed by atoms with E-state index < -0.39 is 9.71 Å². The van der Waals surface area contributed by atoms with Gasteiger partial charge < -0.3 is 10.2 Å². The van der Waals surface area contributed by atoms with E-state index in [0.717, 1.165) is 40.8 Å². The van der Waals surface area contributed by atoms with Crippen molar-refractivity contribution in [2.24, 2.45) is 0 Å². The molecule has 5 rings (SSSR count). The zero-order chi connectivity index (χ0) is 23.7. The second kappa shape index (κ2) is 8.79. The van der Waals surface area contributed by atoms with Gasteiger partial charge in [0.2, 0.25) is 0 Å². The summed E-state index contributed by atoms with van der Waals surface area (Å²) in [6.07, 6.45) is 9.11. The molecule has 1 saturated heterocycles. The van der Waals surface area contributed by atoms with Crippen molar-refractivity contribution in [1.29, 1.82) is 0 Å². The molecule has 1 aromatic carbocycles. The summed E-state index contributed by atoms with van der Waals surface area (Å²) >= 11 is 0. The largest absolute Gasteiger partial charge is 0.370 e. The number of carbonyl (C=O) groups excluding carboxylic acids is 1. The number of aromatic amines is 1. The monoisotopic (exact) mass is 475 g/mol. The highest BCUT2D eigenvalue weighted by Crippen LogP contribution is 2.29. The SMILES string of the molecule is C=S(C)(=O)Nc1ccc(NC(=O)c2n[nH]c3ccc(-c4cncc(N5CCCC5)c4)cc23)cn1. The summed E-state index contributed by atoms with van der Waals surface area (Å²) in [6.45, 7) is 2.10. The fourth-order valence-electron chi connectivity index (χ4n) is 4.04. The number of aromatic nitrogens is 4. The fraction of sp³-hybridized carbons (Fsp3) is 0.208. The van der Waals surface area contributed by atoms with Crippen molar-refractivity contribution in [3.8, 4) is 11.1 Å². The summed E-state index contributed by atoms with van der Waals surface area (Å²) in [5, 5.41) is 10.7. The molecule has 0 bridgehead atoms. The molecule has 0 spiro atoms. The van der Waals surface area contributed by atoms with Crippen LogP contribution in [-0.2, 0) is 9.71 Å². The van der Waals surface area contributed by atoms with Gasteiger partial charge in [0, 0.05) is 46.2 Å². The normalized spacial score (nSPS) is 15.3. The number of nitrogens with zero attached hydrogens (tertiary/aromatic N) is 4. The first kappa shape index (κ1) is 21.9. The molecule has 34 heavy (non-hydrogen) atoms. The topological polar surface area (TPSA) is 116 Å². The molecule has 3 N–H and O–H groups in total. The molecule has 1 amide bonds. The minimum absolute atomic E-state index is 0.289. The maximum Gasteiger partial charge on any atom is 0.276 e. The van der Waals surface area contributed by atoms with Crippen LogP contribution in [0.15, 0.2) is 55.0 Å². The molecule has 9 nitrogen and oxygen atoms in total. The molecule has 3 aromatic heterocycles. The predicted molar refractivity (Wildman–Crippen MR) is 138 cm³/mol. The average Bonchev–Trinajstić information content (AvgIpc) is 3.49. The quantitative estimate of drug-likeness (QED) is 0.367. The third-order valence-corrected chi connectivity index (χ3v) is 6.29. The zero-order valence-corrected chi connectivity index (χ0v) is 19.6. The number of fused-ring (bicyclic) bond motifs is 1. The maximum atomic E-state index is 13.0. The van der Waals surface area contributed by atoms with Crippen LogP contribution in [0.2, 0.25) is 0 Å². The first-order valence-corrected chi connectivity index (χ1v) is 13.1. The van der Waals surface area contributed by atoms with Gasteiger partial charge in [-0.25, -0.2) is 9.19 Å². The van der Waals surface area contributed by atoms with Crippen LogP contribution < -0.4 is 14.9 Å². The van der Waals surface area contributed by atoms with E-state index in [-0.39, 0.29) is 11.6 Å². The van der Waals surface area contributed by atoms with Crippen LogP contribution in [-0.4, -0.2) is 55.5 Å². The van der Waals surface area contributed by atoms with Crippen molar-refractivity contribution >= 4 is 49.6 Å². The molecule has 1 aliphatic heterocycles. The lowest BCUT2D eigenvalue weighted by Crippen LogP contribution is -2.17. The van der Waals surface area contributed by atoms with Gasteiger partial charge in [0.25, 0.3) is 5.91 Å². The molecule has 0 radical (unpaired) electrons. The number of hydrogen-bond acceptors (Lipinski definition) is 6. The maximum absolute atomic E-state index is 13.0. The number of carbonyl (C=O) groups is 1. The summed E-state index contributed by atoms with van der Waals surface area (Å²) in [6, 6.07) is 11.3. The molecular formula is C24H25N7O2S. The summed E-state index contributed by atoms with van der Waals surface area (Å²) in [4.78, 5) is 23.9. The van der Waals surface area contributed by atoms with Gasteiger partial charge in [-0.1, -0.05) is 6.07 Å². The van der Waals surface area contributed by atoms with Crippen molar-refractivity contribution in [3.05, 3.63) is 60.7 Å². The highest BCUT2D eigenvalue weighted by molar-refractivity contribution is 8.00. The van der Waals surface area contributed by atoms with Crippen LogP contribution in [0, 0.1) is 0 Å². The molecule has 1 fully saturated rings. The van der Waals surface area contributed by atoms with E-state index in [4.69, 9.17) is 0 Å². The van der Waals surface area contributed by atoms with Crippen LogP contribution in [0.25, 0.3) is 22.0 Å². The Kier molecular flexibility index (Phi) is 5.66. The number of hydrogen-bond donors (Lipinski definition) is 3. The Hall–Kier alpha value is -3.92. The lowest BCUT2D eigenvalue weighted by molar-refractivity contribution is 0.102. The smallest absolute Gasteiger partial charge is 0.276 e. The first-order chi connectivity index (χ1) is 16.4. The van der Waals surface area contributed by atoms with Crippen LogP contribution in [0.1, 0.15) is 23.3 Å². The summed E-state index contributed by atoms with van der Waals surface area (Å²) in [5.41, 5.74) is 4.62. The summed E-state index contributed by atoms with van der Waals surface area (Å²) < 4.78 is 14.5. The number of nitrogens with one attached hydrogen (secondary N) is 3. The Morgan fingerprint density at radius 1 is 1.09 bits per heavy atom. The second-order valence-corrected chi connectivity index (χ2v) is 10.7. The van der Waals surface area contributed by atoms with Gasteiger partial charge in [0.1, 0.15) is 5.82 Å². The van der Waals surface area contributed by atoms with Gasteiger partial charge in [-0.15, -0.1) is 0 Å². The Bertz CT molecular complexity index is 1460. The van der Waals surface area contributed by atoms with Gasteiger partial charge in [-0.2, -0.15) is 5.10 Å². The third kappa shape index (κ3) is 4.72. The summed E-state index contributed by atoms with van der Waals surface area (Å²) in [5.74, 6) is 3.60. The van der Waals surface area contributed by atoms with Crippen LogP contribution in [0.3, 0.4) is 0 Å². The summed E-state index contributed by atoms with van der Waals surface area (Å²) in [7, 11) is -2.43. The van der Waals surface area contributed by atoms with Crippen molar-refractivity contribution in [3.63, 3.8) is 0 Å². The zero-order valence-electron chi connectivity index (χ0n) is 18.7. The molecule has 174 valence electrons. The highest BCUT2D eigenvalue weighted by atomic mass is 32.2. The van der Waals surface area contributed by atoms with E-state index in [0.29, 0.717) is 11.5 Å². The lowest BCUT2D eigenvalue weighted by Gasteiger charge is -2.17. The van der Waals surface area contributed by atoms with Gasteiger partial charge in [-0.05, 0) is 54.6 Å². The lowest BCUT2D eigenvalue weighted by atomic mass is 10.0. The molecule has 1 atom stereocenters. The Balaban J connectivity index is 1.39. The highest BCUT2D eigenvalue weighted by Gasteiger charge is 2.17. The first-order valence-electron chi connectivity index (χ1n) is 10.9. The van der Waals surface area contributed by atoms with Crippen molar-refractivity contribution in [2.45, 2.75) is 12.8 Å². The Morgan fingerprint density at radius 3 is 2.65 bits per heavy atom. The van der Waals surface area contributed by atoms with E-state index in [1.807, 2.05) is 30.6 Å². The van der Waals surface area contributed by atoms with E-state index in [2.05, 4.69) is 47.0 Å². The number of amides is 1. The predicted octanol–water partition coefficient (Wildman–Crippen LogP) is 3.55. The molecule has 4 aromatic rings. The van der Waals surface area contributed by atoms with E-state index >= 15 is 0 Å². The van der Waals surface area contributed by atoms with Gasteiger partial charge >= 0.3 is 0 Å². The minimum atomic E-state index is -2.43. The molecule has 4 heterocycles. The van der Waals surface area contributed by atoms with Crippen molar-refractivity contribution < 1.29 is 9.00 Å². The number of H-pyrrole nitrogens is 1. The Labute approximate surface area is 197 Å². The number of benzene rings is 1. The van der Waals surface area contributed by atoms with Crippen molar-refractivity contribution in [1.82, 2.24) is 20.2 Å². The molecular weight excluding hydrogens is 450 g/mol. The Morgan fingerprint density at radius 2 is 1.91 bits per heavy atom. The standard InChI is InChI=1S/C24H25N7O2S/c1-34(2,33)30-22-8-6-18(14-26-22)27-24(32)23-20-12-16(5-7-21(20)28-29-23)17-11-19(15-25-13-17)31-9-3-4-10-31/h5-8,11-15H,1,3-4,9-10H2,2H3,(H,27,32)(H,28,29)(H,26,30,33). The third-order valence-electron chi connectivity index (χ3n) is 5.65. The second-order valence-electron chi connectivity index (χ2n) is 8.45. The molecule has 0 saturated carbocycles.